The van der Waals surface area contributed by atoms with E-state index in [0.717, 1.165) is 22.3 Å². The Bertz CT molecular complexity index is 1610. The van der Waals surface area contributed by atoms with Crippen molar-refractivity contribution in [1.29, 1.82) is 0 Å². The van der Waals surface area contributed by atoms with Gasteiger partial charge in [-0.1, -0.05) is 36.4 Å². The van der Waals surface area contributed by atoms with Crippen LogP contribution in [0.1, 0.15) is 31.3 Å². The van der Waals surface area contributed by atoms with Gasteiger partial charge < -0.3 is 21.7 Å². The molecule has 44 heavy (non-hydrogen) atoms. The van der Waals surface area contributed by atoms with Crippen LogP contribution >= 0.6 is 11.3 Å². The molecule has 10 nitrogen and oxygen atoms in total. The van der Waals surface area contributed by atoms with Crippen molar-refractivity contribution >= 4 is 51.0 Å². The molecule has 0 atom stereocenters. The molecular weight excluding hydrogens is 622 g/mol. The highest BCUT2D eigenvalue weighted by Gasteiger charge is 2.38. The molecule has 0 unspecified atom stereocenters. The van der Waals surface area contributed by atoms with Crippen molar-refractivity contribution in [3.63, 3.8) is 0 Å². The van der Waals surface area contributed by atoms with Gasteiger partial charge in [-0.15, -0.1) is 11.3 Å². The van der Waals surface area contributed by atoms with Gasteiger partial charge in [0.15, 0.2) is 5.01 Å². The number of carboxylic acid groups (broad SMARTS) is 2. The monoisotopic (exact) mass is 644 g/mol. The van der Waals surface area contributed by atoms with E-state index in [1.54, 1.807) is 6.07 Å². The van der Waals surface area contributed by atoms with Gasteiger partial charge in [-0.2, -0.15) is 26.3 Å². The van der Waals surface area contributed by atoms with Crippen molar-refractivity contribution in [3.8, 4) is 0 Å². The van der Waals surface area contributed by atoms with Crippen LogP contribution in [0.3, 0.4) is 0 Å². The number of primary amides is 1. The topological polar surface area (TPSA) is 177 Å². The van der Waals surface area contributed by atoms with Crippen molar-refractivity contribution in [1.82, 2.24) is 4.98 Å². The Labute approximate surface area is 248 Å². The number of nitrogens with zero attached hydrogens (tertiary/aromatic N) is 2. The number of aliphatic carboxylic acids is 2. The van der Waals surface area contributed by atoms with Gasteiger partial charge >= 0.3 is 24.3 Å². The van der Waals surface area contributed by atoms with Gasteiger partial charge in [-0.3, -0.25) is 19.3 Å². The van der Waals surface area contributed by atoms with Crippen molar-refractivity contribution in [2.24, 2.45) is 11.5 Å². The molecule has 17 heteroatoms. The van der Waals surface area contributed by atoms with Crippen LogP contribution in [0.15, 0.2) is 72.8 Å². The van der Waals surface area contributed by atoms with Crippen LogP contribution in [-0.4, -0.2) is 51.7 Å². The molecule has 3 aromatic carbocycles. The van der Waals surface area contributed by atoms with Crippen LogP contribution < -0.4 is 16.4 Å². The Morgan fingerprint density at radius 3 is 1.98 bits per heavy atom. The predicted molar refractivity (Wildman–Crippen MR) is 147 cm³/mol. The maximum atomic E-state index is 13.2. The summed E-state index contributed by atoms with van der Waals surface area (Å²) in [5.74, 6) is -5.50. The number of benzene rings is 3. The minimum atomic E-state index is -5.08. The summed E-state index contributed by atoms with van der Waals surface area (Å²) in [5, 5.41) is 16.5. The van der Waals surface area contributed by atoms with E-state index in [9.17, 15) is 40.7 Å². The number of thiazole rings is 1. The molecule has 0 aliphatic rings. The first kappa shape index (κ1) is 35.2. The highest BCUT2D eigenvalue weighted by molar-refractivity contribution is 7.20. The van der Waals surface area contributed by atoms with E-state index >= 15 is 0 Å². The molecule has 4 aromatic rings. The number of para-hydroxylation sites is 2. The Hall–Kier alpha value is -5.03. The fraction of sp³-hybridized carbons (Fsp3) is 0.148. The van der Waals surface area contributed by atoms with E-state index in [1.807, 2.05) is 24.3 Å². The second-order valence-electron chi connectivity index (χ2n) is 8.36. The van der Waals surface area contributed by atoms with Crippen LogP contribution in [-0.2, 0) is 22.3 Å². The number of alkyl halides is 6. The summed E-state index contributed by atoms with van der Waals surface area (Å²) in [6.07, 6.45) is -9.81. The number of nitrogens with two attached hydrogens (primary N) is 2. The molecular formula is C27H22F6N4O6S. The Morgan fingerprint density at radius 2 is 1.45 bits per heavy atom. The second-order valence-corrected chi connectivity index (χ2v) is 9.39. The van der Waals surface area contributed by atoms with Crippen LogP contribution in [0, 0.1) is 0 Å². The van der Waals surface area contributed by atoms with E-state index in [0.29, 0.717) is 15.5 Å². The summed E-state index contributed by atoms with van der Waals surface area (Å²) >= 11 is 1.32. The van der Waals surface area contributed by atoms with Gasteiger partial charge in [0.05, 0.1) is 21.5 Å². The van der Waals surface area contributed by atoms with Crippen molar-refractivity contribution in [2.45, 2.75) is 18.9 Å². The molecule has 2 amide bonds. The first-order valence-electron chi connectivity index (χ1n) is 11.9. The maximum absolute atomic E-state index is 13.2. The molecule has 1 heterocycles. The molecule has 0 spiro atoms. The van der Waals surface area contributed by atoms with Gasteiger partial charge in [0.1, 0.15) is 6.54 Å². The lowest BCUT2D eigenvalue weighted by Gasteiger charge is -2.24. The van der Waals surface area contributed by atoms with Crippen molar-refractivity contribution < 1.29 is 55.7 Å². The van der Waals surface area contributed by atoms with E-state index in [2.05, 4.69) is 4.98 Å². The van der Waals surface area contributed by atoms with Crippen molar-refractivity contribution in [2.75, 3.05) is 11.4 Å². The van der Waals surface area contributed by atoms with Crippen molar-refractivity contribution in [3.05, 3.63) is 94.5 Å². The number of hydrogen-bond acceptors (Lipinski definition) is 7. The fourth-order valence-electron chi connectivity index (χ4n) is 3.32. The van der Waals surface area contributed by atoms with Gasteiger partial charge in [-0.25, -0.2) is 9.78 Å². The second kappa shape index (κ2) is 14.9. The minimum absolute atomic E-state index is 0.0566. The quantitative estimate of drug-likeness (QED) is 0.214. The lowest BCUT2D eigenvalue weighted by molar-refractivity contribution is -0.192. The molecule has 0 radical (unpaired) electrons. The third-order valence-corrected chi connectivity index (χ3v) is 6.25. The molecule has 0 fully saturated rings. The summed E-state index contributed by atoms with van der Waals surface area (Å²) in [5.41, 5.74) is 10.5. The minimum Gasteiger partial charge on any atom is -0.480 e. The molecule has 0 aliphatic carbocycles. The Kier molecular flexibility index (Phi) is 11.9. The summed E-state index contributed by atoms with van der Waals surface area (Å²) < 4.78 is 72.4. The first-order valence-corrected chi connectivity index (χ1v) is 12.7. The zero-order valence-electron chi connectivity index (χ0n) is 22.1. The number of carbonyl (C=O) groups excluding carboxylic acids is 2. The number of hydrogen-bond donors (Lipinski definition) is 4. The van der Waals surface area contributed by atoms with Gasteiger partial charge in [0.2, 0.25) is 0 Å². The standard InChI is InChI=1S/C17H15F3N2O3.C8H6N2OS.C2HF3O2/c18-17(19,20)13-6-1-2-7-14(13)22(10-15(23)24)16(25)12-5-3-4-11(8-12)9-21;9-7(11)8-10-5-3-1-2-4-6(5)12-8;3-2(4,5)1(6)7/h1-8H,9-10,21H2,(H,23,24);1-4H,(H2,9,11);(H,6,7). The molecule has 0 saturated carbocycles. The summed E-state index contributed by atoms with van der Waals surface area (Å²) in [7, 11) is 0. The largest absolute Gasteiger partial charge is 0.490 e. The summed E-state index contributed by atoms with van der Waals surface area (Å²) in [6.45, 7) is -0.766. The van der Waals surface area contributed by atoms with E-state index < -0.39 is 53.9 Å². The molecule has 0 aliphatic heterocycles. The lowest BCUT2D eigenvalue weighted by atomic mass is 10.1. The smallest absolute Gasteiger partial charge is 0.480 e. The van der Waals surface area contributed by atoms with Gasteiger partial charge in [0.25, 0.3) is 11.8 Å². The Morgan fingerprint density at radius 1 is 0.864 bits per heavy atom. The zero-order valence-corrected chi connectivity index (χ0v) is 22.9. The molecule has 6 N–H and O–H groups in total. The number of anilines is 1. The number of aromatic nitrogens is 1. The molecule has 1 aromatic heterocycles. The zero-order chi connectivity index (χ0) is 33.2. The predicted octanol–water partition coefficient (Wildman–Crippen LogP) is 4.92. The molecule has 0 saturated heterocycles. The number of amides is 2. The average Bonchev–Trinajstić information content (AvgIpc) is 3.40. The normalized spacial score (nSPS) is 11.0. The van der Waals surface area contributed by atoms with E-state index in [4.69, 9.17) is 26.5 Å². The third-order valence-electron chi connectivity index (χ3n) is 5.20. The number of carboxylic acids is 2. The highest BCUT2D eigenvalue weighted by atomic mass is 32.1. The number of rotatable bonds is 6. The van der Waals surface area contributed by atoms with Gasteiger partial charge in [-0.05, 0) is 42.0 Å². The van der Waals surface area contributed by atoms with Crippen LogP contribution in [0.25, 0.3) is 10.2 Å². The lowest BCUT2D eigenvalue weighted by Crippen LogP contribution is -2.37. The molecule has 4 rings (SSSR count). The van der Waals surface area contributed by atoms with Crippen LogP contribution in [0.2, 0.25) is 0 Å². The molecule has 234 valence electrons. The van der Waals surface area contributed by atoms with E-state index in [1.165, 1.54) is 41.7 Å². The average molecular weight is 645 g/mol. The summed E-state index contributed by atoms with van der Waals surface area (Å²) in [4.78, 5) is 48.1. The highest BCUT2D eigenvalue weighted by Crippen LogP contribution is 2.37. The van der Waals surface area contributed by atoms with E-state index in [-0.39, 0.29) is 12.1 Å². The van der Waals surface area contributed by atoms with Crippen LogP contribution in [0.5, 0.6) is 0 Å². The molecule has 0 bridgehead atoms. The number of halogens is 6. The van der Waals surface area contributed by atoms with Gasteiger partial charge in [0, 0.05) is 12.1 Å². The first-order chi connectivity index (χ1) is 20.4. The maximum Gasteiger partial charge on any atom is 0.490 e. The fourth-order valence-corrected chi connectivity index (χ4v) is 4.13. The SMILES string of the molecule is NC(=O)c1nc2ccccc2s1.NCc1cccc(C(=O)N(CC(=O)O)c2ccccc2C(F)(F)F)c1.O=C(O)C(F)(F)F. The number of fused-ring (bicyclic) bond motifs is 1. The van der Waals surface area contributed by atoms with Crippen LogP contribution in [0.4, 0.5) is 32.0 Å². The summed E-state index contributed by atoms with van der Waals surface area (Å²) in [6, 6.07) is 17.9. The number of carbonyl (C=O) groups is 4. The third kappa shape index (κ3) is 10.1. The Balaban J connectivity index is 0.000000291.